The summed E-state index contributed by atoms with van der Waals surface area (Å²) in [5.41, 5.74) is 0.489. The molecule has 1 fully saturated rings. The van der Waals surface area contributed by atoms with Crippen LogP contribution in [0.3, 0.4) is 0 Å². The number of amides is 2. The topological polar surface area (TPSA) is 70.8 Å². The fraction of sp³-hybridized carbons (Fsp3) is 0.571. The first-order valence-corrected chi connectivity index (χ1v) is 7.26. The van der Waals surface area contributed by atoms with E-state index >= 15 is 0 Å². The highest BCUT2D eigenvalue weighted by Gasteiger charge is 2.29. The first kappa shape index (κ1) is 13.8. The molecule has 0 saturated carbocycles. The van der Waals surface area contributed by atoms with Gasteiger partial charge in [-0.1, -0.05) is 0 Å². The SMILES string of the molecule is CN1N=C(C(=O)N2CCC[C@H](n3ccnc3)C2)CCC1=O. The molecular formula is C14H19N5O2. The van der Waals surface area contributed by atoms with E-state index < -0.39 is 0 Å². The lowest BCUT2D eigenvalue weighted by atomic mass is 10.0. The number of carbonyl (C=O) groups is 2. The lowest BCUT2D eigenvalue weighted by Gasteiger charge is -2.34. The van der Waals surface area contributed by atoms with E-state index in [0.29, 0.717) is 25.1 Å². The van der Waals surface area contributed by atoms with Crippen LogP contribution < -0.4 is 0 Å². The molecule has 7 nitrogen and oxygen atoms in total. The second kappa shape index (κ2) is 5.67. The molecule has 3 heterocycles. The van der Waals surface area contributed by atoms with Gasteiger partial charge in [-0.05, 0) is 12.8 Å². The molecule has 1 atom stereocenters. The number of nitrogens with zero attached hydrogens (tertiary/aromatic N) is 5. The molecule has 112 valence electrons. The van der Waals surface area contributed by atoms with E-state index in [-0.39, 0.29) is 17.9 Å². The average Bonchev–Trinajstić information content (AvgIpc) is 3.04. The van der Waals surface area contributed by atoms with Crippen molar-refractivity contribution in [1.29, 1.82) is 0 Å². The molecule has 0 N–H and O–H groups in total. The van der Waals surface area contributed by atoms with Crippen LogP contribution in [0.1, 0.15) is 31.7 Å². The van der Waals surface area contributed by atoms with Gasteiger partial charge in [0.1, 0.15) is 5.71 Å². The Balaban J connectivity index is 1.70. The monoisotopic (exact) mass is 289 g/mol. The number of carbonyl (C=O) groups excluding carboxylic acids is 2. The van der Waals surface area contributed by atoms with Gasteiger partial charge in [0.05, 0.1) is 12.4 Å². The highest BCUT2D eigenvalue weighted by molar-refractivity contribution is 6.39. The van der Waals surface area contributed by atoms with Crippen LogP contribution in [0, 0.1) is 0 Å². The van der Waals surface area contributed by atoms with Crippen molar-refractivity contribution in [3.05, 3.63) is 18.7 Å². The highest BCUT2D eigenvalue weighted by Crippen LogP contribution is 2.22. The van der Waals surface area contributed by atoms with Gasteiger partial charge in [-0.2, -0.15) is 5.10 Å². The number of aromatic nitrogens is 2. The van der Waals surface area contributed by atoms with Gasteiger partial charge in [-0.25, -0.2) is 9.99 Å². The largest absolute Gasteiger partial charge is 0.335 e. The van der Waals surface area contributed by atoms with E-state index in [1.54, 1.807) is 19.6 Å². The standard InChI is InChI=1S/C14H19N5O2/c1-17-13(20)5-4-12(16-17)14(21)18-7-2-3-11(9-18)19-8-6-15-10-19/h6,8,10-11H,2-5,7,9H2,1H3/t11-/m0/s1. The van der Waals surface area contributed by atoms with Gasteiger partial charge < -0.3 is 9.47 Å². The van der Waals surface area contributed by atoms with Gasteiger partial charge in [-0.3, -0.25) is 9.59 Å². The Morgan fingerprint density at radius 3 is 2.95 bits per heavy atom. The fourth-order valence-electron chi connectivity index (χ4n) is 2.87. The maximum absolute atomic E-state index is 12.6. The van der Waals surface area contributed by atoms with Crippen molar-refractivity contribution in [2.24, 2.45) is 5.10 Å². The van der Waals surface area contributed by atoms with E-state index in [9.17, 15) is 9.59 Å². The maximum Gasteiger partial charge on any atom is 0.270 e. The third-order valence-electron chi connectivity index (χ3n) is 4.08. The average molecular weight is 289 g/mol. The second-order valence-corrected chi connectivity index (χ2v) is 5.52. The molecule has 2 aliphatic heterocycles. The lowest BCUT2D eigenvalue weighted by molar-refractivity contribution is -0.131. The molecule has 1 aromatic heterocycles. The van der Waals surface area contributed by atoms with Crippen LogP contribution >= 0.6 is 0 Å². The minimum atomic E-state index is -0.0424. The zero-order chi connectivity index (χ0) is 14.8. The first-order chi connectivity index (χ1) is 10.1. The number of rotatable bonds is 2. The molecule has 2 aliphatic rings. The summed E-state index contributed by atoms with van der Waals surface area (Å²) in [6.45, 7) is 1.42. The number of likely N-dealkylation sites (tertiary alicyclic amines) is 1. The predicted octanol–water partition coefficient (Wildman–Crippen LogP) is 0.655. The zero-order valence-corrected chi connectivity index (χ0v) is 12.1. The van der Waals surface area contributed by atoms with Gasteiger partial charge in [-0.15, -0.1) is 0 Å². The summed E-state index contributed by atoms with van der Waals surface area (Å²) in [4.78, 5) is 29.9. The molecule has 3 rings (SSSR count). The smallest absolute Gasteiger partial charge is 0.270 e. The Labute approximate surface area is 123 Å². The third-order valence-corrected chi connectivity index (χ3v) is 4.08. The van der Waals surface area contributed by atoms with Crippen molar-refractivity contribution in [2.75, 3.05) is 20.1 Å². The molecule has 1 saturated heterocycles. The van der Waals surface area contributed by atoms with Gasteiger partial charge in [0.2, 0.25) is 5.91 Å². The lowest BCUT2D eigenvalue weighted by Crippen LogP contribution is -2.45. The summed E-state index contributed by atoms with van der Waals surface area (Å²) in [6, 6.07) is 0.272. The van der Waals surface area contributed by atoms with Crippen molar-refractivity contribution in [3.8, 4) is 0 Å². The van der Waals surface area contributed by atoms with Crippen molar-refractivity contribution < 1.29 is 9.59 Å². The van der Waals surface area contributed by atoms with Crippen LogP contribution in [0.2, 0.25) is 0 Å². The Morgan fingerprint density at radius 1 is 1.38 bits per heavy atom. The van der Waals surface area contributed by atoms with Crippen LogP contribution in [0.4, 0.5) is 0 Å². The van der Waals surface area contributed by atoms with Crippen molar-refractivity contribution in [1.82, 2.24) is 19.5 Å². The number of imidazole rings is 1. The summed E-state index contributed by atoms with van der Waals surface area (Å²) in [5.74, 6) is -0.0827. The quantitative estimate of drug-likeness (QED) is 0.803. The molecule has 1 aromatic rings. The van der Waals surface area contributed by atoms with Crippen LogP contribution in [-0.2, 0) is 9.59 Å². The molecule has 2 amide bonds. The molecule has 21 heavy (non-hydrogen) atoms. The third kappa shape index (κ3) is 2.81. The molecule has 0 aliphatic carbocycles. The molecule has 0 radical (unpaired) electrons. The van der Waals surface area contributed by atoms with E-state index in [1.807, 2.05) is 11.1 Å². The zero-order valence-electron chi connectivity index (χ0n) is 12.1. The maximum atomic E-state index is 12.6. The van der Waals surface area contributed by atoms with Crippen molar-refractivity contribution >= 4 is 17.5 Å². The summed E-state index contributed by atoms with van der Waals surface area (Å²) in [6.07, 6.45) is 8.30. The molecule has 0 aromatic carbocycles. The Kier molecular flexibility index (Phi) is 3.72. The first-order valence-electron chi connectivity index (χ1n) is 7.26. The molecule has 0 spiro atoms. The van der Waals surface area contributed by atoms with Gasteiger partial charge >= 0.3 is 0 Å². The highest BCUT2D eigenvalue weighted by atomic mass is 16.2. The second-order valence-electron chi connectivity index (χ2n) is 5.52. The predicted molar refractivity (Wildman–Crippen MR) is 76.5 cm³/mol. The van der Waals surface area contributed by atoms with Crippen LogP contribution in [0.5, 0.6) is 0 Å². The van der Waals surface area contributed by atoms with Crippen LogP contribution in [0.15, 0.2) is 23.8 Å². The van der Waals surface area contributed by atoms with Gasteiger partial charge in [0.15, 0.2) is 0 Å². The summed E-state index contributed by atoms with van der Waals surface area (Å²) >= 11 is 0. The fourth-order valence-corrected chi connectivity index (χ4v) is 2.87. The van der Waals surface area contributed by atoms with E-state index in [4.69, 9.17) is 0 Å². The summed E-state index contributed by atoms with van der Waals surface area (Å²) < 4.78 is 2.05. The van der Waals surface area contributed by atoms with Gasteiger partial charge in [0.25, 0.3) is 5.91 Å². The number of piperidine rings is 1. The van der Waals surface area contributed by atoms with E-state index in [1.165, 1.54) is 5.01 Å². The minimum Gasteiger partial charge on any atom is -0.335 e. The summed E-state index contributed by atoms with van der Waals surface area (Å²) in [5, 5.41) is 5.39. The summed E-state index contributed by atoms with van der Waals surface area (Å²) in [7, 11) is 1.60. The normalized spacial score (nSPS) is 23.2. The van der Waals surface area contributed by atoms with Gasteiger partial charge in [0, 0.05) is 45.4 Å². The molecule has 7 heteroatoms. The van der Waals surface area contributed by atoms with E-state index in [2.05, 4.69) is 14.7 Å². The molecule has 0 bridgehead atoms. The van der Waals surface area contributed by atoms with Crippen molar-refractivity contribution in [2.45, 2.75) is 31.7 Å². The van der Waals surface area contributed by atoms with E-state index in [0.717, 1.165) is 19.4 Å². The number of hydrazone groups is 1. The molecule has 0 unspecified atom stereocenters. The molecular weight excluding hydrogens is 270 g/mol. The van der Waals surface area contributed by atoms with Crippen LogP contribution in [-0.4, -0.2) is 57.1 Å². The van der Waals surface area contributed by atoms with Crippen molar-refractivity contribution in [3.63, 3.8) is 0 Å². The Morgan fingerprint density at radius 2 is 2.24 bits per heavy atom. The Bertz CT molecular complexity index is 566. The number of hydrogen-bond donors (Lipinski definition) is 0. The van der Waals surface area contributed by atoms with Crippen LogP contribution in [0.25, 0.3) is 0 Å². The Hall–Kier alpha value is -2.18. The minimum absolute atomic E-state index is 0.0403. The number of hydrogen-bond acceptors (Lipinski definition) is 4.